The second-order valence-corrected chi connectivity index (χ2v) is 1.63. The van der Waals surface area contributed by atoms with E-state index in [0.717, 1.165) is 6.08 Å². The fourth-order valence-electron chi connectivity index (χ4n) is 0.412. The van der Waals surface area contributed by atoms with Gasteiger partial charge in [-0.3, -0.25) is 0 Å². The molecule has 0 amide bonds. The third-order valence-electron chi connectivity index (χ3n) is 0.794. The Labute approximate surface area is 58.5 Å². The zero-order valence-electron chi connectivity index (χ0n) is 5.51. The first-order valence-corrected chi connectivity index (χ1v) is 2.93. The number of hydrogen-bond donors (Lipinski definition) is 2. The van der Waals surface area contributed by atoms with Crippen molar-refractivity contribution in [3.05, 3.63) is 12.2 Å². The molecule has 10 heavy (non-hydrogen) atoms. The third-order valence-corrected chi connectivity index (χ3v) is 0.794. The van der Waals surface area contributed by atoms with Crippen molar-refractivity contribution in [2.75, 3.05) is 19.8 Å². The molecule has 0 fully saturated rings. The van der Waals surface area contributed by atoms with Crippen LogP contribution in [0.25, 0.3) is 0 Å². The number of nitrogens with one attached hydrogen (secondary N) is 1. The molecule has 0 saturated carbocycles. The summed E-state index contributed by atoms with van der Waals surface area (Å²) in [6.07, 6.45) is 2.45. The second-order valence-electron chi connectivity index (χ2n) is 1.63. The lowest BCUT2D eigenvalue weighted by Gasteiger charge is -1.92. The molecule has 0 aromatic rings. The van der Waals surface area contributed by atoms with Crippen LogP contribution in [-0.4, -0.2) is 30.8 Å². The zero-order chi connectivity index (χ0) is 7.82. The summed E-state index contributed by atoms with van der Waals surface area (Å²) in [7, 11) is 0. The molecule has 0 aliphatic rings. The van der Waals surface area contributed by atoms with Gasteiger partial charge in [-0.1, -0.05) is 6.08 Å². The number of carboxylic acid groups (broad SMARTS) is 1. The van der Waals surface area contributed by atoms with E-state index in [2.05, 4.69) is 5.32 Å². The van der Waals surface area contributed by atoms with Crippen LogP contribution in [0.4, 0.5) is 4.39 Å². The standard InChI is InChI=1S/C6H10FNO2/c7-3-5-8-4-1-2-6(9)10/h1-2,8H,3-5H2,(H,9,10)/b2-1+. The highest BCUT2D eigenvalue weighted by atomic mass is 19.1. The summed E-state index contributed by atoms with van der Waals surface area (Å²) in [6, 6.07) is 0. The van der Waals surface area contributed by atoms with E-state index < -0.39 is 12.6 Å². The van der Waals surface area contributed by atoms with Crippen LogP contribution in [-0.2, 0) is 4.79 Å². The average molecular weight is 147 g/mol. The van der Waals surface area contributed by atoms with Crippen LogP contribution in [0, 0.1) is 0 Å². The van der Waals surface area contributed by atoms with Crippen molar-refractivity contribution < 1.29 is 14.3 Å². The molecular formula is C6H10FNO2. The second kappa shape index (κ2) is 6.22. The van der Waals surface area contributed by atoms with Gasteiger partial charge in [0.2, 0.25) is 0 Å². The third kappa shape index (κ3) is 7.10. The predicted octanol–water partition coefficient (Wildman–Crippen LogP) is 0.186. The summed E-state index contributed by atoms with van der Waals surface area (Å²) >= 11 is 0. The van der Waals surface area contributed by atoms with Gasteiger partial charge in [0.25, 0.3) is 0 Å². The number of carbonyl (C=O) groups is 1. The van der Waals surface area contributed by atoms with Gasteiger partial charge in [0.15, 0.2) is 0 Å². The first-order valence-electron chi connectivity index (χ1n) is 2.93. The fraction of sp³-hybridized carbons (Fsp3) is 0.500. The molecule has 2 N–H and O–H groups in total. The van der Waals surface area contributed by atoms with Gasteiger partial charge < -0.3 is 10.4 Å². The van der Waals surface area contributed by atoms with E-state index in [1.54, 1.807) is 0 Å². The Kier molecular flexibility index (Phi) is 5.66. The van der Waals surface area contributed by atoms with Crippen LogP contribution < -0.4 is 5.32 Å². The van der Waals surface area contributed by atoms with Gasteiger partial charge in [0.1, 0.15) is 6.67 Å². The molecule has 0 heterocycles. The minimum absolute atomic E-state index is 0.268. The molecule has 0 rings (SSSR count). The Hall–Kier alpha value is -0.900. The number of halogens is 1. The first kappa shape index (κ1) is 9.10. The van der Waals surface area contributed by atoms with E-state index in [9.17, 15) is 9.18 Å². The highest BCUT2D eigenvalue weighted by molar-refractivity contribution is 5.79. The maximum Gasteiger partial charge on any atom is 0.328 e. The van der Waals surface area contributed by atoms with E-state index in [1.807, 2.05) is 0 Å². The van der Waals surface area contributed by atoms with Crippen molar-refractivity contribution in [1.82, 2.24) is 5.32 Å². The Morgan fingerprint density at radius 2 is 2.40 bits per heavy atom. The molecule has 0 aromatic heterocycles. The summed E-state index contributed by atoms with van der Waals surface area (Å²) in [6.45, 7) is 0.237. The van der Waals surface area contributed by atoms with E-state index in [1.165, 1.54) is 6.08 Å². The minimum atomic E-state index is -0.984. The van der Waals surface area contributed by atoms with Crippen LogP contribution in [0.1, 0.15) is 0 Å². The fourth-order valence-corrected chi connectivity index (χ4v) is 0.412. The lowest BCUT2D eigenvalue weighted by atomic mass is 10.5. The number of carboxylic acids is 1. The summed E-state index contributed by atoms with van der Waals surface area (Å²) in [5.41, 5.74) is 0. The maximum absolute atomic E-state index is 11.4. The largest absolute Gasteiger partial charge is 0.478 e. The summed E-state index contributed by atoms with van der Waals surface area (Å²) < 4.78 is 11.4. The van der Waals surface area contributed by atoms with E-state index in [-0.39, 0.29) is 6.54 Å². The van der Waals surface area contributed by atoms with Crippen molar-refractivity contribution >= 4 is 5.97 Å². The Bertz CT molecular complexity index is 125. The molecule has 0 unspecified atom stereocenters. The topological polar surface area (TPSA) is 49.3 Å². The highest BCUT2D eigenvalue weighted by Crippen LogP contribution is 1.70. The van der Waals surface area contributed by atoms with Crippen LogP contribution >= 0.6 is 0 Å². The van der Waals surface area contributed by atoms with Gasteiger partial charge in [-0.15, -0.1) is 0 Å². The van der Waals surface area contributed by atoms with Crippen molar-refractivity contribution in [2.45, 2.75) is 0 Å². The minimum Gasteiger partial charge on any atom is -0.478 e. The number of rotatable bonds is 5. The summed E-state index contributed by atoms with van der Waals surface area (Å²) in [5.74, 6) is -0.984. The van der Waals surface area contributed by atoms with Crippen molar-refractivity contribution in [3.8, 4) is 0 Å². The average Bonchev–Trinajstić information content (AvgIpc) is 1.87. The van der Waals surface area contributed by atoms with Crippen LogP contribution in [0.5, 0.6) is 0 Å². The van der Waals surface area contributed by atoms with Gasteiger partial charge in [-0.2, -0.15) is 0 Å². The Morgan fingerprint density at radius 1 is 1.70 bits per heavy atom. The molecule has 0 spiro atoms. The molecule has 0 atom stereocenters. The van der Waals surface area contributed by atoms with Crippen molar-refractivity contribution in [1.29, 1.82) is 0 Å². The van der Waals surface area contributed by atoms with Gasteiger partial charge in [0, 0.05) is 19.2 Å². The predicted molar refractivity (Wildman–Crippen MR) is 35.6 cm³/mol. The molecule has 58 valence electrons. The lowest BCUT2D eigenvalue weighted by molar-refractivity contribution is -0.131. The Morgan fingerprint density at radius 3 is 2.90 bits per heavy atom. The van der Waals surface area contributed by atoms with Gasteiger partial charge in [-0.05, 0) is 0 Å². The smallest absolute Gasteiger partial charge is 0.328 e. The van der Waals surface area contributed by atoms with Crippen LogP contribution in [0.15, 0.2) is 12.2 Å². The van der Waals surface area contributed by atoms with Crippen LogP contribution in [0.3, 0.4) is 0 Å². The molecule has 0 bridgehead atoms. The van der Waals surface area contributed by atoms with Gasteiger partial charge >= 0.3 is 5.97 Å². The summed E-state index contributed by atoms with van der Waals surface area (Å²) in [5, 5.41) is 10.7. The van der Waals surface area contributed by atoms with E-state index in [4.69, 9.17) is 5.11 Å². The van der Waals surface area contributed by atoms with E-state index >= 15 is 0 Å². The Balaban J connectivity index is 3.10. The molecule has 0 aromatic carbocycles. The van der Waals surface area contributed by atoms with Gasteiger partial charge in [0.05, 0.1) is 0 Å². The van der Waals surface area contributed by atoms with Crippen LogP contribution in [0.2, 0.25) is 0 Å². The van der Waals surface area contributed by atoms with Crippen molar-refractivity contribution in [2.24, 2.45) is 0 Å². The molecule has 4 heteroatoms. The normalized spacial score (nSPS) is 10.5. The monoisotopic (exact) mass is 147 g/mol. The quantitative estimate of drug-likeness (QED) is 0.431. The molecule has 0 saturated heterocycles. The molecule has 0 aliphatic carbocycles. The molecule has 3 nitrogen and oxygen atoms in total. The van der Waals surface area contributed by atoms with Crippen molar-refractivity contribution in [3.63, 3.8) is 0 Å². The molecular weight excluding hydrogens is 137 g/mol. The van der Waals surface area contributed by atoms with E-state index in [0.29, 0.717) is 6.54 Å². The number of aliphatic carboxylic acids is 1. The molecule has 0 aliphatic heterocycles. The highest BCUT2D eigenvalue weighted by Gasteiger charge is 1.84. The lowest BCUT2D eigenvalue weighted by Crippen LogP contribution is -2.16. The first-order chi connectivity index (χ1) is 4.77. The maximum atomic E-state index is 11.4. The number of alkyl halides is 1. The summed E-state index contributed by atoms with van der Waals surface area (Å²) in [4.78, 5) is 9.84. The van der Waals surface area contributed by atoms with Gasteiger partial charge in [-0.25, -0.2) is 9.18 Å². The number of hydrogen-bond acceptors (Lipinski definition) is 2. The SMILES string of the molecule is O=C(O)/C=C/CNCCF. The molecule has 0 radical (unpaired) electrons. The zero-order valence-corrected chi connectivity index (χ0v) is 5.51.